The van der Waals surface area contributed by atoms with Crippen LogP contribution in [-0.4, -0.2) is 38.8 Å². The van der Waals surface area contributed by atoms with E-state index < -0.39 is 6.09 Å². The van der Waals surface area contributed by atoms with Crippen molar-refractivity contribution < 1.29 is 14.7 Å². The molecule has 8 heteroatoms. The highest BCUT2D eigenvalue weighted by molar-refractivity contribution is 5.98. The lowest BCUT2D eigenvalue weighted by Crippen LogP contribution is -2.40. The summed E-state index contributed by atoms with van der Waals surface area (Å²) in [4.78, 5) is 29.3. The third-order valence-corrected chi connectivity index (χ3v) is 3.97. The van der Waals surface area contributed by atoms with Crippen molar-refractivity contribution in [3.05, 3.63) is 41.5 Å². The molecule has 0 fully saturated rings. The van der Waals surface area contributed by atoms with E-state index in [0.29, 0.717) is 12.2 Å². The van der Waals surface area contributed by atoms with Crippen LogP contribution in [0.15, 0.2) is 24.3 Å². The molecule has 0 saturated heterocycles. The summed E-state index contributed by atoms with van der Waals surface area (Å²) in [6, 6.07) is 7.26. The Kier molecular flexibility index (Phi) is 4.45. The number of para-hydroxylation sites is 1. The van der Waals surface area contributed by atoms with E-state index in [-0.39, 0.29) is 18.5 Å². The molecular weight excluding hydrogens is 310 g/mol. The standard InChI is InChI=1S/C16H19N5O3/c1-2-5-13-18-15(20-19-13)12-8-10-6-3-4-7-11(10)21(12)14(22)9-17-16(23)24/h3-4,6-7,12,17H,2,5,8-9H2,1H3,(H,23,24)(H,18,19,20). The third-order valence-electron chi connectivity index (χ3n) is 3.97. The summed E-state index contributed by atoms with van der Waals surface area (Å²) in [5, 5.41) is 18.0. The van der Waals surface area contributed by atoms with Crippen LogP contribution in [0.2, 0.25) is 0 Å². The number of hydrogen-bond donors (Lipinski definition) is 3. The second-order valence-corrected chi connectivity index (χ2v) is 5.66. The van der Waals surface area contributed by atoms with Crippen LogP contribution in [0.4, 0.5) is 10.5 Å². The second kappa shape index (κ2) is 6.69. The van der Waals surface area contributed by atoms with Crippen LogP contribution in [0.1, 0.15) is 36.6 Å². The Morgan fingerprint density at radius 1 is 1.42 bits per heavy atom. The van der Waals surface area contributed by atoms with Crippen LogP contribution in [0, 0.1) is 0 Å². The van der Waals surface area contributed by atoms with Gasteiger partial charge in [-0.1, -0.05) is 25.1 Å². The zero-order chi connectivity index (χ0) is 17.1. The van der Waals surface area contributed by atoms with Crippen LogP contribution in [0.25, 0.3) is 0 Å². The predicted molar refractivity (Wildman–Crippen MR) is 86.8 cm³/mol. The van der Waals surface area contributed by atoms with Crippen molar-refractivity contribution in [2.45, 2.75) is 32.2 Å². The first kappa shape index (κ1) is 16.0. The maximum Gasteiger partial charge on any atom is 0.405 e. The fraction of sp³-hybridized carbons (Fsp3) is 0.375. The molecule has 0 saturated carbocycles. The number of carbonyl (C=O) groups excluding carboxylic acids is 1. The number of aromatic amines is 1. The number of hydrogen-bond acceptors (Lipinski definition) is 4. The monoisotopic (exact) mass is 329 g/mol. The van der Waals surface area contributed by atoms with Crippen molar-refractivity contribution in [3.63, 3.8) is 0 Å². The summed E-state index contributed by atoms with van der Waals surface area (Å²) < 4.78 is 0. The molecule has 0 aliphatic carbocycles. The zero-order valence-corrected chi connectivity index (χ0v) is 13.3. The molecule has 1 aromatic carbocycles. The van der Waals surface area contributed by atoms with Gasteiger partial charge in [0.15, 0.2) is 5.82 Å². The molecule has 1 aliphatic heterocycles. The smallest absolute Gasteiger partial charge is 0.405 e. The number of nitrogens with zero attached hydrogens (tertiary/aromatic N) is 3. The fourth-order valence-electron chi connectivity index (χ4n) is 2.94. The van der Waals surface area contributed by atoms with E-state index in [0.717, 1.165) is 29.9 Å². The average Bonchev–Trinajstić information content (AvgIpc) is 3.17. The number of aryl methyl sites for hydroxylation is 1. The summed E-state index contributed by atoms with van der Waals surface area (Å²) in [7, 11) is 0. The molecular formula is C16H19N5O3. The van der Waals surface area contributed by atoms with Gasteiger partial charge in [0.05, 0.1) is 0 Å². The van der Waals surface area contributed by atoms with Crippen molar-refractivity contribution in [1.29, 1.82) is 0 Å². The number of amides is 2. The molecule has 1 unspecified atom stereocenters. The molecule has 0 radical (unpaired) electrons. The van der Waals surface area contributed by atoms with Crippen LogP contribution < -0.4 is 10.2 Å². The van der Waals surface area contributed by atoms with Crippen LogP contribution in [0.5, 0.6) is 0 Å². The predicted octanol–water partition coefficient (Wildman–Crippen LogP) is 1.66. The van der Waals surface area contributed by atoms with Gasteiger partial charge >= 0.3 is 6.09 Å². The minimum atomic E-state index is -1.23. The molecule has 3 N–H and O–H groups in total. The lowest BCUT2D eigenvalue weighted by Gasteiger charge is -2.23. The second-order valence-electron chi connectivity index (χ2n) is 5.66. The largest absolute Gasteiger partial charge is 0.465 e. The minimum Gasteiger partial charge on any atom is -0.465 e. The van der Waals surface area contributed by atoms with Gasteiger partial charge in [-0.3, -0.25) is 14.8 Å². The van der Waals surface area contributed by atoms with E-state index in [4.69, 9.17) is 5.11 Å². The molecule has 1 aromatic heterocycles. The highest BCUT2D eigenvalue weighted by Crippen LogP contribution is 2.39. The third kappa shape index (κ3) is 3.08. The summed E-state index contributed by atoms with van der Waals surface area (Å²) in [5.41, 5.74) is 1.80. The average molecular weight is 329 g/mol. The Bertz CT molecular complexity index is 758. The van der Waals surface area contributed by atoms with Gasteiger partial charge in [-0.2, -0.15) is 5.10 Å². The molecule has 24 heavy (non-hydrogen) atoms. The lowest BCUT2D eigenvalue weighted by atomic mass is 10.1. The molecule has 1 aliphatic rings. The maximum absolute atomic E-state index is 12.6. The summed E-state index contributed by atoms with van der Waals surface area (Å²) in [6.07, 6.45) is 1.13. The van der Waals surface area contributed by atoms with Crippen LogP contribution in [0.3, 0.4) is 0 Å². The van der Waals surface area contributed by atoms with E-state index in [2.05, 4.69) is 27.4 Å². The first-order valence-electron chi connectivity index (χ1n) is 7.88. The minimum absolute atomic E-state index is 0.285. The topological polar surface area (TPSA) is 111 Å². The Balaban J connectivity index is 1.89. The number of aromatic nitrogens is 3. The van der Waals surface area contributed by atoms with Gasteiger partial charge in [-0.25, -0.2) is 9.78 Å². The van der Waals surface area contributed by atoms with Gasteiger partial charge in [0.25, 0.3) is 0 Å². The normalized spacial score (nSPS) is 16.0. The molecule has 2 heterocycles. The van der Waals surface area contributed by atoms with Crippen molar-refractivity contribution in [2.24, 2.45) is 0 Å². The van der Waals surface area contributed by atoms with Gasteiger partial charge in [-0.05, 0) is 18.1 Å². The lowest BCUT2D eigenvalue weighted by molar-refractivity contribution is -0.118. The summed E-state index contributed by atoms with van der Waals surface area (Å²) in [6.45, 7) is 1.77. The summed E-state index contributed by atoms with van der Waals surface area (Å²) >= 11 is 0. The van der Waals surface area contributed by atoms with Crippen molar-refractivity contribution in [3.8, 4) is 0 Å². The highest BCUT2D eigenvalue weighted by atomic mass is 16.4. The van der Waals surface area contributed by atoms with E-state index >= 15 is 0 Å². The van der Waals surface area contributed by atoms with Gasteiger partial charge in [0.2, 0.25) is 5.91 Å². The van der Waals surface area contributed by atoms with E-state index in [1.54, 1.807) is 4.90 Å². The van der Waals surface area contributed by atoms with E-state index in [9.17, 15) is 9.59 Å². The SMILES string of the molecule is CCCc1nc(C2Cc3ccccc3N2C(=O)CNC(=O)O)n[nH]1. The zero-order valence-electron chi connectivity index (χ0n) is 13.3. The van der Waals surface area contributed by atoms with Crippen LogP contribution >= 0.6 is 0 Å². The molecule has 8 nitrogen and oxygen atoms in total. The number of anilines is 1. The van der Waals surface area contributed by atoms with Crippen LogP contribution in [-0.2, 0) is 17.6 Å². The van der Waals surface area contributed by atoms with Gasteiger partial charge < -0.3 is 10.4 Å². The van der Waals surface area contributed by atoms with E-state index in [1.165, 1.54) is 0 Å². The molecule has 0 bridgehead atoms. The molecule has 2 aromatic rings. The Hall–Kier alpha value is -2.90. The quantitative estimate of drug-likeness (QED) is 0.772. The number of carboxylic acid groups (broad SMARTS) is 1. The molecule has 3 rings (SSSR count). The first-order chi connectivity index (χ1) is 11.6. The molecule has 2 amide bonds. The van der Waals surface area contributed by atoms with Gasteiger partial charge in [-0.15, -0.1) is 0 Å². The molecule has 126 valence electrons. The Morgan fingerprint density at radius 2 is 2.21 bits per heavy atom. The van der Waals surface area contributed by atoms with Gasteiger partial charge in [0, 0.05) is 18.5 Å². The van der Waals surface area contributed by atoms with Crippen molar-refractivity contribution in [2.75, 3.05) is 11.4 Å². The Labute approximate surface area is 138 Å². The van der Waals surface area contributed by atoms with E-state index in [1.807, 2.05) is 24.3 Å². The molecule has 1 atom stereocenters. The van der Waals surface area contributed by atoms with Crippen molar-refractivity contribution in [1.82, 2.24) is 20.5 Å². The highest BCUT2D eigenvalue weighted by Gasteiger charge is 2.36. The Morgan fingerprint density at radius 3 is 2.96 bits per heavy atom. The number of rotatable bonds is 5. The number of benzene rings is 1. The first-order valence-corrected chi connectivity index (χ1v) is 7.88. The fourth-order valence-corrected chi connectivity index (χ4v) is 2.94. The molecule has 0 spiro atoms. The number of carbonyl (C=O) groups is 2. The number of fused-ring (bicyclic) bond motifs is 1. The van der Waals surface area contributed by atoms with Crippen molar-refractivity contribution >= 4 is 17.7 Å². The summed E-state index contributed by atoms with van der Waals surface area (Å²) in [5.74, 6) is 1.02. The van der Waals surface area contributed by atoms with Gasteiger partial charge in [0.1, 0.15) is 18.4 Å². The number of H-pyrrole nitrogens is 1. The number of nitrogens with one attached hydrogen (secondary N) is 2. The maximum atomic E-state index is 12.6.